The molecule has 0 aromatic carbocycles. The van der Waals surface area contributed by atoms with Gasteiger partial charge < -0.3 is 10.2 Å². The smallest absolute Gasteiger partial charge is 0.0263 e. The van der Waals surface area contributed by atoms with Crippen molar-refractivity contribution in [3.8, 4) is 0 Å². The lowest BCUT2D eigenvalue weighted by atomic mass is 9.89. The molecular weight excluding hydrogens is 198 g/mol. The van der Waals surface area contributed by atoms with Gasteiger partial charge in [-0.05, 0) is 64.8 Å². The number of hydrogen-bond acceptors (Lipinski definition) is 3. The van der Waals surface area contributed by atoms with Gasteiger partial charge in [-0.3, -0.25) is 4.90 Å². The van der Waals surface area contributed by atoms with Crippen LogP contribution < -0.4 is 5.32 Å². The highest BCUT2D eigenvalue weighted by atomic mass is 15.3. The van der Waals surface area contributed by atoms with Crippen LogP contribution in [0.15, 0.2) is 0 Å². The lowest BCUT2D eigenvalue weighted by Gasteiger charge is -2.45. The van der Waals surface area contributed by atoms with E-state index in [1.54, 1.807) is 0 Å². The van der Waals surface area contributed by atoms with Crippen LogP contribution in [0.4, 0.5) is 0 Å². The predicted octanol–water partition coefficient (Wildman–Crippen LogP) is 0.764. The molecule has 1 N–H and O–H groups in total. The molecule has 3 heterocycles. The first kappa shape index (κ1) is 11.0. The minimum Gasteiger partial charge on any atom is -0.315 e. The lowest BCUT2D eigenvalue weighted by Crippen LogP contribution is -2.53. The van der Waals surface area contributed by atoms with Gasteiger partial charge in [-0.15, -0.1) is 0 Å². The van der Waals surface area contributed by atoms with E-state index in [0.717, 1.165) is 18.0 Å². The first-order valence-electron chi connectivity index (χ1n) is 6.99. The Bertz CT molecular complexity index is 235. The van der Waals surface area contributed by atoms with Gasteiger partial charge in [-0.25, -0.2) is 0 Å². The van der Waals surface area contributed by atoms with E-state index in [1.165, 1.54) is 58.4 Å². The highest BCUT2D eigenvalue weighted by molar-refractivity contribution is 4.95. The van der Waals surface area contributed by atoms with E-state index in [9.17, 15) is 0 Å². The molecule has 2 atom stereocenters. The van der Waals surface area contributed by atoms with Gasteiger partial charge in [0.1, 0.15) is 0 Å². The topological polar surface area (TPSA) is 18.5 Å². The average Bonchev–Trinajstić information content (AvgIpc) is 2.78. The molecule has 0 saturated carbocycles. The minimum absolute atomic E-state index is 0.863. The van der Waals surface area contributed by atoms with Crippen LogP contribution in [0.1, 0.15) is 25.7 Å². The van der Waals surface area contributed by atoms with E-state index in [4.69, 9.17) is 0 Å². The summed E-state index contributed by atoms with van der Waals surface area (Å²) in [7, 11) is 2.26. The van der Waals surface area contributed by atoms with E-state index in [0.29, 0.717) is 0 Å². The van der Waals surface area contributed by atoms with Gasteiger partial charge >= 0.3 is 0 Å². The average molecular weight is 223 g/mol. The molecule has 0 bridgehead atoms. The molecule has 3 aliphatic heterocycles. The molecule has 3 fully saturated rings. The molecule has 0 radical (unpaired) electrons. The fourth-order valence-corrected chi connectivity index (χ4v) is 3.88. The largest absolute Gasteiger partial charge is 0.315 e. The normalized spacial score (nSPS) is 38.8. The Morgan fingerprint density at radius 2 is 1.81 bits per heavy atom. The SMILES string of the molecule is CN1CCC(N2CCCC3CNCC32)CC1. The van der Waals surface area contributed by atoms with Gasteiger partial charge in [0.25, 0.3) is 0 Å². The molecule has 0 aromatic rings. The van der Waals surface area contributed by atoms with Crippen molar-refractivity contribution >= 4 is 0 Å². The van der Waals surface area contributed by atoms with E-state index < -0.39 is 0 Å². The second kappa shape index (κ2) is 4.63. The van der Waals surface area contributed by atoms with Gasteiger partial charge in [-0.2, -0.15) is 0 Å². The van der Waals surface area contributed by atoms with Crippen molar-refractivity contribution in [2.24, 2.45) is 5.92 Å². The van der Waals surface area contributed by atoms with E-state index in [2.05, 4.69) is 22.2 Å². The standard InChI is InChI=1S/C13H25N3/c1-15-7-4-12(5-8-15)16-6-2-3-11-9-14-10-13(11)16/h11-14H,2-10H2,1H3. The highest BCUT2D eigenvalue weighted by Crippen LogP contribution is 2.30. The first-order valence-corrected chi connectivity index (χ1v) is 6.99. The van der Waals surface area contributed by atoms with Gasteiger partial charge in [-0.1, -0.05) is 0 Å². The number of hydrogen-bond donors (Lipinski definition) is 1. The van der Waals surface area contributed by atoms with Crippen LogP contribution in [0, 0.1) is 5.92 Å². The van der Waals surface area contributed by atoms with Crippen LogP contribution in [0.25, 0.3) is 0 Å². The Kier molecular flexibility index (Phi) is 3.18. The maximum absolute atomic E-state index is 3.59. The van der Waals surface area contributed by atoms with Crippen molar-refractivity contribution in [2.45, 2.75) is 37.8 Å². The Morgan fingerprint density at radius 1 is 1.00 bits per heavy atom. The summed E-state index contributed by atoms with van der Waals surface area (Å²) in [6, 6.07) is 1.74. The molecule has 0 aliphatic carbocycles. The number of piperidine rings is 2. The van der Waals surface area contributed by atoms with Crippen LogP contribution in [0.2, 0.25) is 0 Å². The second-order valence-corrected chi connectivity index (χ2v) is 5.90. The maximum atomic E-state index is 3.59. The fourth-order valence-electron chi connectivity index (χ4n) is 3.88. The van der Waals surface area contributed by atoms with Gasteiger partial charge in [0.05, 0.1) is 0 Å². The van der Waals surface area contributed by atoms with Crippen molar-refractivity contribution < 1.29 is 0 Å². The monoisotopic (exact) mass is 223 g/mol. The summed E-state index contributed by atoms with van der Waals surface area (Å²) in [6.45, 7) is 6.47. The molecule has 0 aromatic heterocycles. The molecule has 0 amide bonds. The summed E-state index contributed by atoms with van der Waals surface area (Å²) in [6.07, 6.45) is 5.66. The third-order valence-corrected chi connectivity index (χ3v) is 4.88. The maximum Gasteiger partial charge on any atom is 0.0263 e. The Morgan fingerprint density at radius 3 is 2.62 bits per heavy atom. The highest BCUT2D eigenvalue weighted by Gasteiger charge is 2.38. The van der Waals surface area contributed by atoms with Gasteiger partial charge in [0.15, 0.2) is 0 Å². The van der Waals surface area contributed by atoms with Crippen molar-refractivity contribution in [2.75, 3.05) is 39.8 Å². The molecule has 3 heteroatoms. The number of nitrogens with one attached hydrogen (secondary N) is 1. The second-order valence-electron chi connectivity index (χ2n) is 5.90. The molecule has 3 aliphatic rings. The first-order chi connectivity index (χ1) is 7.84. The van der Waals surface area contributed by atoms with Crippen LogP contribution in [-0.2, 0) is 0 Å². The van der Waals surface area contributed by atoms with Crippen molar-refractivity contribution in [1.29, 1.82) is 0 Å². The van der Waals surface area contributed by atoms with Gasteiger partial charge in [0.2, 0.25) is 0 Å². The summed E-state index contributed by atoms with van der Waals surface area (Å²) in [5, 5.41) is 3.59. The fraction of sp³-hybridized carbons (Fsp3) is 1.00. The van der Waals surface area contributed by atoms with E-state index in [1.807, 2.05) is 0 Å². The quantitative estimate of drug-likeness (QED) is 0.708. The van der Waals surface area contributed by atoms with E-state index >= 15 is 0 Å². The van der Waals surface area contributed by atoms with Crippen LogP contribution >= 0.6 is 0 Å². The molecule has 0 spiro atoms. The van der Waals surface area contributed by atoms with Crippen LogP contribution in [0.3, 0.4) is 0 Å². The number of nitrogens with zero attached hydrogens (tertiary/aromatic N) is 2. The predicted molar refractivity (Wildman–Crippen MR) is 66.6 cm³/mol. The van der Waals surface area contributed by atoms with E-state index in [-0.39, 0.29) is 0 Å². The van der Waals surface area contributed by atoms with Crippen molar-refractivity contribution in [3.63, 3.8) is 0 Å². The van der Waals surface area contributed by atoms with Gasteiger partial charge in [0, 0.05) is 18.6 Å². The Balaban J connectivity index is 1.64. The third kappa shape index (κ3) is 2.01. The molecule has 2 unspecified atom stereocenters. The summed E-state index contributed by atoms with van der Waals surface area (Å²) >= 11 is 0. The Labute approximate surface area is 99.2 Å². The molecule has 92 valence electrons. The zero-order chi connectivity index (χ0) is 11.0. The molecule has 16 heavy (non-hydrogen) atoms. The molecule has 3 saturated heterocycles. The van der Waals surface area contributed by atoms with Crippen LogP contribution in [-0.4, -0.2) is 61.7 Å². The molecule has 3 nitrogen and oxygen atoms in total. The molecule has 3 rings (SSSR count). The third-order valence-electron chi connectivity index (χ3n) is 4.88. The zero-order valence-corrected chi connectivity index (χ0v) is 10.5. The lowest BCUT2D eigenvalue weighted by molar-refractivity contribution is 0.0443. The summed E-state index contributed by atoms with van der Waals surface area (Å²) in [4.78, 5) is 5.33. The van der Waals surface area contributed by atoms with Crippen molar-refractivity contribution in [3.05, 3.63) is 0 Å². The van der Waals surface area contributed by atoms with Crippen LogP contribution in [0.5, 0.6) is 0 Å². The Hall–Kier alpha value is -0.120. The van der Waals surface area contributed by atoms with Crippen molar-refractivity contribution in [1.82, 2.24) is 15.1 Å². The number of likely N-dealkylation sites (tertiary alicyclic amines) is 2. The summed E-state index contributed by atoms with van der Waals surface area (Å²) in [5.41, 5.74) is 0. The number of rotatable bonds is 1. The zero-order valence-electron chi connectivity index (χ0n) is 10.5. The summed E-state index contributed by atoms with van der Waals surface area (Å²) in [5.74, 6) is 0.952. The molecular formula is C13H25N3. The summed E-state index contributed by atoms with van der Waals surface area (Å²) < 4.78 is 0. The number of fused-ring (bicyclic) bond motifs is 1. The minimum atomic E-state index is 0.863.